The molecule has 3 N–H and O–H groups in total. The molecule has 1 aromatic carbocycles. The number of rotatable bonds is 7. The van der Waals surface area contributed by atoms with Crippen LogP contribution in [-0.4, -0.2) is 64.3 Å². The summed E-state index contributed by atoms with van der Waals surface area (Å²) in [7, 11) is 0. The van der Waals surface area contributed by atoms with Crippen LogP contribution < -0.4 is 10.1 Å². The summed E-state index contributed by atoms with van der Waals surface area (Å²) in [5.41, 5.74) is 0.595. The van der Waals surface area contributed by atoms with Crippen LogP contribution in [0.25, 0.3) is 10.4 Å². The van der Waals surface area contributed by atoms with Gasteiger partial charge in [0.05, 0.1) is 15.3 Å². The van der Waals surface area contributed by atoms with Crippen molar-refractivity contribution in [1.29, 1.82) is 0 Å². The average Bonchev–Trinajstić information content (AvgIpc) is 3.13. The van der Waals surface area contributed by atoms with E-state index in [1.807, 2.05) is 0 Å². The number of piperidine rings is 1. The number of nitrogens with one attached hydrogen (secondary N) is 1. The smallest absolute Gasteiger partial charge is 0.410 e. The van der Waals surface area contributed by atoms with E-state index in [-0.39, 0.29) is 29.0 Å². The quantitative estimate of drug-likeness (QED) is 0.417. The van der Waals surface area contributed by atoms with E-state index >= 15 is 0 Å². The monoisotopic (exact) mass is 582 g/mol. The Kier molecular flexibility index (Phi) is 8.62. The lowest BCUT2D eigenvalue weighted by molar-refractivity contribution is -0.139. The summed E-state index contributed by atoms with van der Waals surface area (Å²) in [6.45, 7) is 5.53. The molecule has 0 spiro atoms. The predicted molar refractivity (Wildman–Crippen MR) is 137 cm³/mol. The summed E-state index contributed by atoms with van der Waals surface area (Å²) in [4.78, 5) is 49.7. The van der Waals surface area contributed by atoms with Crippen molar-refractivity contribution in [2.75, 3.05) is 25.0 Å². The molecule has 0 bridgehead atoms. The molecule has 1 saturated heterocycles. The molecule has 2 heterocycles. The Morgan fingerprint density at radius 3 is 2.42 bits per heavy atom. The third-order valence-corrected chi connectivity index (χ3v) is 7.43. The van der Waals surface area contributed by atoms with Crippen LogP contribution in [0.3, 0.4) is 0 Å². The lowest BCUT2D eigenvalue weighted by atomic mass is 9.97. The molecular weight excluding hydrogens is 556 g/mol. The molecule has 1 aliphatic heterocycles. The Labute approximate surface area is 220 Å². The molecule has 1 atom stereocenters. The Balaban J connectivity index is 1.69. The van der Waals surface area contributed by atoms with Gasteiger partial charge in [-0.25, -0.2) is 14.4 Å². The molecule has 1 aliphatic rings. The van der Waals surface area contributed by atoms with Crippen molar-refractivity contribution in [3.63, 3.8) is 0 Å². The lowest BCUT2D eigenvalue weighted by Crippen LogP contribution is -2.45. The van der Waals surface area contributed by atoms with Gasteiger partial charge in [-0.15, -0.1) is 11.3 Å². The molecule has 3 rings (SSSR count). The summed E-state index contributed by atoms with van der Waals surface area (Å²) < 4.78 is 10.9. The molecule has 194 valence electrons. The zero-order valence-electron chi connectivity index (χ0n) is 20.0. The maximum Gasteiger partial charge on any atom is 0.410 e. The topological polar surface area (TPSA) is 142 Å². The molecule has 0 radical (unpaired) electrons. The van der Waals surface area contributed by atoms with Crippen molar-refractivity contribution in [1.82, 2.24) is 4.90 Å². The summed E-state index contributed by atoms with van der Waals surface area (Å²) in [6, 6.07) is 6.80. The van der Waals surface area contributed by atoms with Crippen LogP contribution in [0, 0.1) is 5.92 Å². The van der Waals surface area contributed by atoms with Crippen LogP contribution >= 0.6 is 27.3 Å². The van der Waals surface area contributed by atoms with Crippen molar-refractivity contribution in [2.24, 2.45) is 5.92 Å². The van der Waals surface area contributed by atoms with E-state index in [0.29, 0.717) is 40.0 Å². The number of ether oxygens (including phenoxy) is 2. The number of anilines is 1. The number of thiophene rings is 1. The third kappa shape index (κ3) is 6.97. The maximum atomic E-state index is 12.9. The van der Waals surface area contributed by atoms with Crippen LogP contribution in [0.15, 0.2) is 28.7 Å². The van der Waals surface area contributed by atoms with Crippen molar-refractivity contribution in [3.8, 4) is 16.2 Å². The van der Waals surface area contributed by atoms with Gasteiger partial charge >= 0.3 is 18.0 Å². The van der Waals surface area contributed by atoms with Gasteiger partial charge in [0.15, 0.2) is 17.2 Å². The standard InChI is InChI=1S/C24H27BrN2O8S/c1-24(2,3)35-23(33)27-10-4-5-14(11-27)21(30)26-15-8-6-13(7-9-15)19-17(25)18(34-12-16(28)29)20(36-19)22(31)32/h6-9,14H,4-5,10-12H2,1-3H3,(H,26,30)(H,28,29)(H,31,32). The van der Waals surface area contributed by atoms with Crippen molar-refractivity contribution < 1.29 is 38.9 Å². The molecule has 1 fully saturated rings. The number of carboxylic acids is 2. The second kappa shape index (κ2) is 11.3. The molecule has 1 aromatic heterocycles. The van der Waals surface area contributed by atoms with E-state index in [1.165, 1.54) is 0 Å². The van der Waals surface area contributed by atoms with Crippen LogP contribution in [0.4, 0.5) is 10.5 Å². The lowest BCUT2D eigenvalue weighted by Gasteiger charge is -2.33. The first-order valence-electron chi connectivity index (χ1n) is 11.1. The number of carbonyl (C=O) groups is 4. The fourth-order valence-corrected chi connectivity index (χ4v) is 5.51. The Hall–Kier alpha value is -3.12. The van der Waals surface area contributed by atoms with Crippen LogP contribution in [0.2, 0.25) is 0 Å². The van der Waals surface area contributed by atoms with E-state index in [0.717, 1.165) is 11.3 Å². The minimum absolute atomic E-state index is 0.0471. The highest BCUT2D eigenvalue weighted by atomic mass is 79.9. The number of hydrogen-bond acceptors (Lipinski definition) is 7. The summed E-state index contributed by atoms with van der Waals surface area (Å²) in [5.74, 6) is -3.08. The molecule has 2 aromatic rings. The average molecular weight is 583 g/mol. The summed E-state index contributed by atoms with van der Waals surface area (Å²) in [6.07, 6.45) is 0.918. The molecule has 10 nitrogen and oxygen atoms in total. The number of aliphatic carboxylic acids is 1. The van der Waals surface area contributed by atoms with Crippen molar-refractivity contribution in [2.45, 2.75) is 39.2 Å². The first-order chi connectivity index (χ1) is 16.9. The Morgan fingerprint density at radius 2 is 1.83 bits per heavy atom. The molecule has 12 heteroatoms. The normalized spacial score (nSPS) is 15.8. The van der Waals surface area contributed by atoms with Gasteiger partial charge in [0.2, 0.25) is 5.91 Å². The van der Waals surface area contributed by atoms with Crippen molar-refractivity contribution >= 4 is 56.9 Å². The van der Waals surface area contributed by atoms with Gasteiger partial charge in [-0.3, -0.25) is 4.79 Å². The number of aromatic carboxylic acids is 1. The van der Waals surface area contributed by atoms with Crippen molar-refractivity contribution in [3.05, 3.63) is 33.6 Å². The van der Waals surface area contributed by atoms with Gasteiger partial charge in [0.1, 0.15) is 5.60 Å². The molecule has 0 saturated carbocycles. The number of benzene rings is 1. The third-order valence-electron chi connectivity index (χ3n) is 5.20. The summed E-state index contributed by atoms with van der Waals surface area (Å²) in [5, 5.41) is 21.2. The zero-order valence-corrected chi connectivity index (χ0v) is 22.4. The largest absolute Gasteiger partial charge is 0.479 e. The highest BCUT2D eigenvalue weighted by molar-refractivity contribution is 9.10. The van der Waals surface area contributed by atoms with E-state index in [4.69, 9.17) is 14.6 Å². The van der Waals surface area contributed by atoms with Crippen LogP contribution in [0.5, 0.6) is 5.75 Å². The fraction of sp³-hybridized carbons (Fsp3) is 0.417. The first kappa shape index (κ1) is 27.5. The summed E-state index contributed by atoms with van der Waals surface area (Å²) >= 11 is 4.27. The van der Waals surface area contributed by atoms with Crippen LogP contribution in [0.1, 0.15) is 43.3 Å². The molecule has 2 amide bonds. The number of amides is 2. The van der Waals surface area contributed by atoms with E-state index in [2.05, 4.69) is 21.2 Å². The van der Waals surface area contributed by atoms with Gasteiger partial charge in [0.25, 0.3) is 0 Å². The minimum atomic E-state index is -1.23. The second-order valence-corrected chi connectivity index (χ2v) is 11.0. The zero-order chi connectivity index (χ0) is 26.6. The minimum Gasteiger partial charge on any atom is -0.479 e. The molecule has 0 aliphatic carbocycles. The van der Waals surface area contributed by atoms with Crippen LogP contribution in [-0.2, 0) is 14.3 Å². The Morgan fingerprint density at radius 1 is 1.17 bits per heavy atom. The van der Waals surface area contributed by atoms with E-state index in [1.54, 1.807) is 49.9 Å². The Bertz CT molecular complexity index is 1160. The molecular formula is C24H27BrN2O8S. The number of carbonyl (C=O) groups excluding carboxylic acids is 2. The number of carboxylic acid groups (broad SMARTS) is 2. The molecule has 36 heavy (non-hydrogen) atoms. The predicted octanol–water partition coefficient (Wildman–Crippen LogP) is 4.92. The van der Waals surface area contributed by atoms with E-state index < -0.39 is 30.2 Å². The van der Waals surface area contributed by atoms with Gasteiger partial charge in [-0.1, -0.05) is 12.1 Å². The fourth-order valence-electron chi connectivity index (χ4n) is 3.62. The SMILES string of the molecule is CC(C)(C)OC(=O)N1CCCC(C(=O)Nc2ccc(-c3sc(C(=O)O)c(OCC(=O)O)c3Br)cc2)C1. The van der Waals surface area contributed by atoms with E-state index in [9.17, 15) is 24.3 Å². The highest BCUT2D eigenvalue weighted by Gasteiger charge is 2.31. The maximum absolute atomic E-state index is 12.9. The second-order valence-electron chi connectivity index (χ2n) is 9.22. The number of halogens is 1. The molecule has 1 unspecified atom stereocenters. The van der Waals surface area contributed by atoms with Gasteiger partial charge in [-0.05, 0) is 67.2 Å². The first-order valence-corrected chi connectivity index (χ1v) is 12.8. The highest BCUT2D eigenvalue weighted by Crippen LogP contribution is 2.45. The van der Waals surface area contributed by atoms with Gasteiger partial charge in [-0.2, -0.15) is 0 Å². The number of likely N-dealkylation sites (tertiary alicyclic amines) is 1. The van der Waals surface area contributed by atoms with Gasteiger partial charge in [0, 0.05) is 18.8 Å². The van der Waals surface area contributed by atoms with Gasteiger partial charge < -0.3 is 29.9 Å². The number of nitrogens with zero attached hydrogens (tertiary/aromatic N) is 1. The number of hydrogen-bond donors (Lipinski definition) is 3.